The summed E-state index contributed by atoms with van der Waals surface area (Å²) < 4.78 is 170. The highest BCUT2D eigenvalue weighted by Crippen LogP contribution is 2.50. The van der Waals surface area contributed by atoms with Crippen LogP contribution in [0.5, 0.6) is 0 Å². The molecule has 0 unspecified atom stereocenters. The highest BCUT2D eigenvalue weighted by molar-refractivity contribution is 7.49. The van der Waals surface area contributed by atoms with E-state index >= 15 is 0 Å². The number of alkyl halides is 12. The van der Waals surface area contributed by atoms with Gasteiger partial charge in [-0.15, -0.1) is 0 Å². The van der Waals surface area contributed by atoms with Crippen molar-refractivity contribution in [3.8, 4) is 0 Å². The summed E-state index contributed by atoms with van der Waals surface area (Å²) in [5.41, 5.74) is -10.6. The van der Waals surface area contributed by atoms with Crippen molar-refractivity contribution in [1.29, 1.82) is 0 Å². The predicted molar refractivity (Wildman–Crippen MR) is 94.5 cm³/mol. The first kappa shape index (κ1) is 28.9. The maximum absolute atomic E-state index is 13.2. The fourth-order valence-electron chi connectivity index (χ4n) is 3.05. The number of hydrogen-bond acceptors (Lipinski definition) is 1. The Labute approximate surface area is 188 Å². The van der Waals surface area contributed by atoms with E-state index < -0.39 is 71.9 Å². The molecule has 0 saturated carbocycles. The number of benzene rings is 2. The Bertz CT molecular complexity index is 992. The van der Waals surface area contributed by atoms with Crippen LogP contribution in [0.2, 0.25) is 0 Å². The molecule has 0 bridgehead atoms. The van der Waals surface area contributed by atoms with Gasteiger partial charge in [-0.05, 0) is 54.6 Å². The molecule has 2 N–H and O–H groups in total. The molecule has 0 amide bonds. The zero-order valence-corrected chi connectivity index (χ0v) is 17.7. The predicted octanol–water partition coefficient (Wildman–Crippen LogP) is 6.88. The molecule has 4 nitrogen and oxygen atoms in total. The summed E-state index contributed by atoms with van der Waals surface area (Å²) in [6, 6.07) is -3.56. The van der Waals surface area contributed by atoms with E-state index in [4.69, 9.17) is 0 Å². The van der Waals surface area contributed by atoms with Crippen molar-refractivity contribution in [1.82, 2.24) is 4.67 Å². The van der Waals surface area contributed by atoms with Gasteiger partial charge < -0.3 is 9.79 Å². The minimum atomic E-state index is -5.66. The summed E-state index contributed by atoms with van der Waals surface area (Å²) in [7, 11) is -5.25. The zero-order valence-electron chi connectivity index (χ0n) is 16.8. The average Bonchev–Trinajstić information content (AvgIpc) is 2.64. The summed E-state index contributed by atoms with van der Waals surface area (Å²) >= 11 is 0. The second kappa shape index (κ2) is 8.98. The first-order chi connectivity index (χ1) is 15.4. The van der Waals surface area contributed by atoms with Crippen LogP contribution in [0.3, 0.4) is 0 Å². The van der Waals surface area contributed by atoms with Gasteiger partial charge in [-0.25, -0.2) is 9.24 Å². The van der Waals surface area contributed by atoms with Crippen molar-refractivity contribution in [2.75, 3.05) is 7.05 Å². The first-order valence-corrected chi connectivity index (χ1v) is 10.4. The fraction of sp³-hybridized carbons (Fsp3) is 0.333. The van der Waals surface area contributed by atoms with E-state index in [0.717, 1.165) is 0 Å². The molecule has 0 fully saturated rings. The summed E-state index contributed by atoms with van der Waals surface area (Å²) in [5.74, 6) is 0. The van der Waals surface area contributed by atoms with Crippen LogP contribution in [0.4, 0.5) is 52.7 Å². The zero-order chi connectivity index (χ0) is 27.4. The van der Waals surface area contributed by atoms with E-state index in [2.05, 4.69) is 0 Å². The molecule has 35 heavy (non-hydrogen) atoms. The average molecular weight is 549 g/mol. The molecule has 0 heterocycles. The molecule has 0 aliphatic carbocycles. The second-order valence-corrected chi connectivity index (χ2v) is 8.83. The van der Waals surface area contributed by atoms with Crippen LogP contribution in [0.15, 0.2) is 36.4 Å². The largest absolute Gasteiger partial charge is 0.416 e. The van der Waals surface area contributed by atoms with Gasteiger partial charge in [0.1, 0.15) is 0 Å². The van der Waals surface area contributed by atoms with Crippen molar-refractivity contribution in [2.24, 2.45) is 0 Å². The Morgan fingerprint density at radius 2 is 0.829 bits per heavy atom. The molecule has 2 aromatic carbocycles. The molecule has 0 spiro atoms. The normalized spacial score (nSPS) is 14.2. The van der Waals surface area contributed by atoms with Gasteiger partial charge >= 0.3 is 32.5 Å². The van der Waals surface area contributed by atoms with Gasteiger partial charge in [-0.1, -0.05) is 0 Å². The Morgan fingerprint density at radius 3 is 1.00 bits per heavy atom. The van der Waals surface area contributed by atoms with E-state index in [0.29, 0.717) is 7.05 Å². The van der Waals surface area contributed by atoms with Gasteiger partial charge in [0.25, 0.3) is 0 Å². The van der Waals surface area contributed by atoms with Gasteiger partial charge in [0.15, 0.2) is 0 Å². The van der Waals surface area contributed by atoms with Gasteiger partial charge in [-0.3, -0.25) is 0 Å². The standard InChI is InChI=1S/C18H12F12NO3P/c1-31(35(32,33)34)14(8-2-10(15(19,20)21)6-11(3-8)16(22,23)24)9-4-12(17(25,26)27)7-13(5-9)18(28,29)30/h2-7,14H,1H3,(H2,32,33,34). The highest BCUT2D eigenvalue weighted by Gasteiger charge is 2.42. The number of nitrogens with zero attached hydrogens (tertiary/aromatic N) is 1. The van der Waals surface area contributed by atoms with E-state index in [1.165, 1.54) is 0 Å². The minimum absolute atomic E-state index is 0.0560. The van der Waals surface area contributed by atoms with Crippen molar-refractivity contribution in [2.45, 2.75) is 30.7 Å². The van der Waals surface area contributed by atoms with Gasteiger partial charge in [-0.2, -0.15) is 52.7 Å². The van der Waals surface area contributed by atoms with Gasteiger partial charge in [0, 0.05) is 0 Å². The van der Waals surface area contributed by atoms with Crippen molar-refractivity contribution < 1.29 is 67.0 Å². The van der Waals surface area contributed by atoms with E-state index in [1.54, 1.807) is 0 Å². The van der Waals surface area contributed by atoms with Gasteiger partial charge in [0.2, 0.25) is 0 Å². The van der Waals surface area contributed by atoms with E-state index in [9.17, 15) is 67.0 Å². The molecule has 2 aromatic rings. The van der Waals surface area contributed by atoms with Crippen LogP contribution in [-0.4, -0.2) is 21.5 Å². The SMILES string of the molecule is CN(C(c1cc(C(F)(F)F)cc(C(F)(F)F)c1)c1cc(C(F)(F)F)cc(C(F)(F)F)c1)P(=O)(O)O. The molecular formula is C18H12F12NO3P. The summed E-state index contributed by atoms with van der Waals surface area (Å²) in [4.78, 5) is 18.9. The lowest BCUT2D eigenvalue weighted by Gasteiger charge is -2.31. The molecule has 0 aliphatic heterocycles. The Hall–Kier alpha value is -2.29. The lowest BCUT2D eigenvalue weighted by molar-refractivity contribution is -0.144. The Morgan fingerprint density at radius 1 is 0.600 bits per heavy atom. The quantitative estimate of drug-likeness (QED) is 0.323. The van der Waals surface area contributed by atoms with Crippen molar-refractivity contribution in [3.05, 3.63) is 69.8 Å². The highest BCUT2D eigenvalue weighted by atomic mass is 31.2. The number of rotatable bonds is 4. The topological polar surface area (TPSA) is 60.8 Å². The third-order valence-corrected chi connectivity index (χ3v) is 5.69. The third kappa shape index (κ3) is 6.90. The molecular weight excluding hydrogens is 537 g/mol. The molecule has 196 valence electrons. The van der Waals surface area contributed by atoms with Crippen LogP contribution in [-0.2, 0) is 29.3 Å². The van der Waals surface area contributed by atoms with E-state index in [1.807, 2.05) is 0 Å². The molecule has 0 saturated heterocycles. The lowest BCUT2D eigenvalue weighted by Crippen LogP contribution is -2.25. The van der Waals surface area contributed by atoms with E-state index in [-0.39, 0.29) is 41.1 Å². The van der Waals surface area contributed by atoms with Crippen LogP contribution in [0.25, 0.3) is 0 Å². The molecule has 17 heteroatoms. The molecule has 0 atom stereocenters. The monoisotopic (exact) mass is 549 g/mol. The Balaban J connectivity index is 3.00. The lowest BCUT2D eigenvalue weighted by atomic mass is 9.92. The Kier molecular flexibility index (Phi) is 7.43. The maximum atomic E-state index is 13.2. The second-order valence-electron chi connectivity index (χ2n) is 7.17. The molecule has 0 aliphatic rings. The van der Waals surface area contributed by atoms with Crippen molar-refractivity contribution >= 4 is 7.75 Å². The molecule has 2 rings (SSSR count). The first-order valence-electron chi connectivity index (χ1n) is 8.80. The van der Waals surface area contributed by atoms with Crippen LogP contribution < -0.4 is 0 Å². The number of hydrogen-bond donors (Lipinski definition) is 2. The summed E-state index contributed by atoms with van der Waals surface area (Å²) in [6.45, 7) is 0. The van der Waals surface area contributed by atoms with Crippen LogP contribution >= 0.6 is 7.75 Å². The summed E-state index contributed by atoms with van der Waals surface area (Å²) in [6.07, 6.45) is -21.9. The minimum Gasteiger partial charge on any atom is -0.312 e. The third-order valence-electron chi connectivity index (χ3n) is 4.64. The van der Waals surface area contributed by atoms with Crippen LogP contribution in [0, 0.1) is 0 Å². The molecule has 0 aromatic heterocycles. The summed E-state index contributed by atoms with van der Waals surface area (Å²) in [5, 5.41) is 0. The maximum Gasteiger partial charge on any atom is 0.416 e. The van der Waals surface area contributed by atoms with Gasteiger partial charge in [0.05, 0.1) is 28.3 Å². The smallest absolute Gasteiger partial charge is 0.312 e. The molecule has 0 radical (unpaired) electrons. The van der Waals surface area contributed by atoms with Crippen molar-refractivity contribution in [3.63, 3.8) is 0 Å². The number of halogens is 12. The van der Waals surface area contributed by atoms with Crippen LogP contribution in [0.1, 0.15) is 39.4 Å². The fourth-order valence-corrected chi connectivity index (χ4v) is 3.62.